The highest BCUT2D eigenvalue weighted by Crippen LogP contribution is 2.27. The maximum Gasteiger partial charge on any atom is 0.135 e. The molecule has 0 atom stereocenters. The van der Waals surface area contributed by atoms with Crippen LogP contribution in [-0.2, 0) is 7.05 Å². The van der Waals surface area contributed by atoms with Crippen molar-refractivity contribution in [1.29, 1.82) is 0 Å². The average molecular weight is 250 g/mol. The molecular formula is C16H14N2O. The van der Waals surface area contributed by atoms with Gasteiger partial charge >= 0.3 is 0 Å². The first-order chi connectivity index (χ1) is 9.34. The molecule has 19 heavy (non-hydrogen) atoms. The van der Waals surface area contributed by atoms with Gasteiger partial charge in [0.25, 0.3) is 0 Å². The molecule has 2 aromatic carbocycles. The lowest BCUT2D eigenvalue weighted by molar-refractivity contribution is 0.669. The monoisotopic (exact) mass is 250 g/mol. The molecule has 0 spiro atoms. The molecule has 2 heterocycles. The summed E-state index contributed by atoms with van der Waals surface area (Å²) in [5.41, 5.74) is 1.92. The van der Waals surface area contributed by atoms with Crippen molar-refractivity contribution in [1.82, 2.24) is 9.55 Å². The van der Waals surface area contributed by atoms with E-state index in [2.05, 4.69) is 17.1 Å². The van der Waals surface area contributed by atoms with Crippen molar-refractivity contribution < 1.29 is 4.42 Å². The van der Waals surface area contributed by atoms with E-state index in [-0.39, 0.29) is 0 Å². The first kappa shape index (κ1) is 11.5. The number of imidazole rings is 1. The predicted molar refractivity (Wildman–Crippen MR) is 76.9 cm³/mol. The highest BCUT2D eigenvalue weighted by atomic mass is 16.3. The lowest BCUT2D eigenvalue weighted by atomic mass is 10.2. The zero-order valence-corrected chi connectivity index (χ0v) is 10.7. The largest absolute Gasteiger partial charge is 0.456 e. The molecule has 4 rings (SSSR count). The second-order valence-electron chi connectivity index (χ2n) is 4.32. The summed E-state index contributed by atoms with van der Waals surface area (Å²) in [6.45, 7) is 0. The Morgan fingerprint density at radius 2 is 1.47 bits per heavy atom. The van der Waals surface area contributed by atoms with Crippen LogP contribution in [0.1, 0.15) is 0 Å². The van der Waals surface area contributed by atoms with Crippen LogP contribution < -0.4 is 0 Å². The molecule has 0 saturated heterocycles. The van der Waals surface area contributed by atoms with Crippen LogP contribution in [0.25, 0.3) is 21.9 Å². The van der Waals surface area contributed by atoms with E-state index >= 15 is 0 Å². The molecule has 0 N–H and O–H groups in total. The molecule has 0 fully saturated rings. The van der Waals surface area contributed by atoms with E-state index in [0.717, 1.165) is 11.2 Å². The maximum absolute atomic E-state index is 5.65. The third-order valence-corrected chi connectivity index (χ3v) is 2.92. The molecule has 94 valence electrons. The molecule has 0 aliphatic heterocycles. The number of rotatable bonds is 0. The molecule has 3 heteroatoms. The third-order valence-electron chi connectivity index (χ3n) is 2.92. The topological polar surface area (TPSA) is 31.0 Å². The van der Waals surface area contributed by atoms with Crippen molar-refractivity contribution in [2.24, 2.45) is 7.05 Å². The Balaban J connectivity index is 0.000000155. The Morgan fingerprint density at radius 3 is 1.89 bits per heavy atom. The van der Waals surface area contributed by atoms with Crippen molar-refractivity contribution >= 4 is 21.9 Å². The Morgan fingerprint density at radius 1 is 0.895 bits per heavy atom. The van der Waals surface area contributed by atoms with Gasteiger partial charge in [-0.05, 0) is 12.1 Å². The van der Waals surface area contributed by atoms with E-state index < -0.39 is 0 Å². The van der Waals surface area contributed by atoms with Gasteiger partial charge in [0.05, 0.1) is 6.33 Å². The van der Waals surface area contributed by atoms with Gasteiger partial charge < -0.3 is 8.98 Å². The number of nitrogens with zero attached hydrogens (tertiary/aromatic N) is 2. The quantitative estimate of drug-likeness (QED) is 0.472. The third kappa shape index (κ3) is 2.36. The summed E-state index contributed by atoms with van der Waals surface area (Å²) in [6, 6.07) is 16.2. The molecule has 0 bridgehead atoms. The van der Waals surface area contributed by atoms with Crippen molar-refractivity contribution in [3.63, 3.8) is 0 Å². The van der Waals surface area contributed by atoms with Gasteiger partial charge in [-0.1, -0.05) is 36.4 Å². The van der Waals surface area contributed by atoms with Crippen molar-refractivity contribution in [3.8, 4) is 0 Å². The van der Waals surface area contributed by atoms with Crippen molar-refractivity contribution in [2.45, 2.75) is 0 Å². The number of furan rings is 1. The fourth-order valence-electron chi connectivity index (χ4n) is 2.00. The number of hydrogen-bond acceptors (Lipinski definition) is 2. The van der Waals surface area contributed by atoms with Gasteiger partial charge in [0.1, 0.15) is 11.2 Å². The number of hydrogen-bond donors (Lipinski definition) is 0. The minimum absolute atomic E-state index is 0.962. The SMILES string of the molecule is Cn1ccnc1.c1ccc2c(c1)oc1ccccc12. The smallest absolute Gasteiger partial charge is 0.135 e. The Bertz CT molecular complexity index is 734. The molecular weight excluding hydrogens is 236 g/mol. The number of benzene rings is 2. The van der Waals surface area contributed by atoms with Gasteiger partial charge in [-0.2, -0.15) is 0 Å². The molecule has 0 unspecified atom stereocenters. The van der Waals surface area contributed by atoms with Crippen LogP contribution in [0.5, 0.6) is 0 Å². The normalized spacial score (nSPS) is 10.4. The first-order valence-corrected chi connectivity index (χ1v) is 6.13. The van der Waals surface area contributed by atoms with Crippen LogP contribution >= 0.6 is 0 Å². The summed E-state index contributed by atoms with van der Waals surface area (Å²) in [7, 11) is 1.94. The van der Waals surface area contributed by atoms with Crippen LogP contribution in [0, 0.1) is 0 Å². The van der Waals surface area contributed by atoms with Gasteiger partial charge in [0.15, 0.2) is 0 Å². The van der Waals surface area contributed by atoms with E-state index in [9.17, 15) is 0 Å². The molecule has 0 radical (unpaired) electrons. The van der Waals surface area contributed by atoms with E-state index in [1.54, 1.807) is 12.5 Å². The summed E-state index contributed by atoms with van der Waals surface area (Å²) < 4.78 is 7.54. The fourth-order valence-corrected chi connectivity index (χ4v) is 2.00. The van der Waals surface area contributed by atoms with Crippen LogP contribution in [0.4, 0.5) is 0 Å². The second kappa shape index (κ2) is 4.98. The molecule has 2 aromatic heterocycles. The number of aromatic nitrogens is 2. The molecule has 3 nitrogen and oxygen atoms in total. The van der Waals surface area contributed by atoms with Gasteiger partial charge in [0, 0.05) is 30.2 Å². The Labute approximate surface area is 111 Å². The summed E-state index contributed by atoms with van der Waals surface area (Å²) in [5.74, 6) is 0. The van der Waals surface area contributed by atoms with Crippen molar-refractivity contribution in [3.05, 3.63) is 67.3 Å². The number of para-hydroxylation sites is 2. The lowest BCUT2D eigenvalue weighted by Gasteiger charge is -1.85. The lowest BCUT2D eigenvalue weighted by Crippen LogP contribution is -1.76. The highest BCUT2D eigenvalue weighted by molar-refractivity contribution is 6.04. The summed E-state index contributed by atoms with van der Waals surface area (Å²) >= 11 is 0. The van der Waals surface area contributed by atoms with E-state index in [1.165, 1.54) is 10.8 Å². The van der Waals surface area contributed by atoms with Gasteiger partial charge in [-0.25, -0.2) is 4.98 Å². The highest BCUT2D eigenvalue weighted by Gasteiger charge is 2.03. The fraction of sp³-hybridized carbons (Fsp3) is 0.0625. The maximum atomic E-state index is 5.65. The average Bonchev–Trinajstić information content (AvgIpc) is 3.06. The summed E-state index contributed by atoms with van der Waals surface area (Å²) in [6.07, 6.45) is 5.39. The molecule has 4 aromatic rings. The van der Waals surface area contributed by atoms with Crippen molar-refractivity contribution in [2.75, 3.05) is 0 Å². The van der Waals surface area contributed by atoms with Crippen LogP contribution in [-0.4, -0.2) is 9.55 Å². The van der Waals surface area contributed by atoms with E-state index in [1.807, 2.05) is 54.2 Å². The zero-order valence-electron chi connectivity index (χ0n) is 10.7. The van der Waals surface area contributed by atoms with Crippen LogP contribution in [0.15, 0.2) is 71.7 Å². The minimum atomic E-state index is 0.962. The Hall–Kier alpha value is -2.55. The number of fused-ring (bicyclic) bond motifs is 3. The van der Waals surface area contributed by atoms with E-state index in [0.29, 0.717) is 0 Å². The Kier molecular flexibility index (Phi) is 3.02. The minimum Gasteiger partial charge on any atom is -0.456 e. The molecule has 0 aliphatic carbocycles. The molecule has 0 saturated carbocycles. The van der Waals surface area contributed by atoms with Gasteiger partial charge in [-0.15, -0.1) is 0 Å². The number of aryl methyl sites for hydroxylation is 1. The summed E-state index contributed by atoms with van der Waals surface area (Å²) in [5, 5.41) is 2.39. The standard InChI is InChI=1S/C12H8O.C4H6N2/c1-3-7-11-9(5-1)10-6-2-4-8-12(10)13-11;1-6-3-2-5-4-6/h1-8H;2-4H,1H3. The van der Waals surface area contributed by atoms with E-state index in [4.69, 9.17) is 4.42 Å². The first-order valence-electron chi connectivity index (χ1n) is 6.13. The zero-order chi connectivity index (χ0) is 13.1. The molecule has 0 aliphatic rings. The summed E-state index contributed by atoms with van der Waals surface area (Å²) in [4.78, 5) is 3.78. The molecule has 0 amide bonds. The van der Waals surface area contributed by atoms with Crippen LogP contribution in [0.2, 0.25) is 0 Å². The van der Waals surface area contributed by atoms with Crippen LogP contribution in [0.3, 0.4) is 0 Å². The second-order valence-corrected chi connectivity index (χ2v) is 4.32. The predicted octanol–water partition coefficient (Wildman–Crippen LogP) is 4.01. The van der Waals surface area contributed by atoms with Gasteiger partial charge in [-0.3, -0.25) is 0 Å². The van der Waals surface area contributed by atoms with Gasteiger partial charge in [0.2, 0.25) is 0 Å².